The van der Waals surface area contributed by atoms with Crippen LogP contribution in [0.3, 0.4) is 0 Å². The molecular formula is C16H25FN2. The van der Waals surface area contributed by atoms with Gasteiger partial charge in [0.2, 0.25) is 0 Å². The number of benzene rings is 1. The van der Waals surface area contributed by atoms with Crippen LogP contribution in [-0.2, 0) is 0 Å². The maximum atomic E-state index is 13.7. The van der Waals surface area contributed by atoms with Crippen molar-refractivity contribution in [1.82, 2.24) is 4.90 Å². The number of aryl methyl sites for hydroxylation is 1. The summed E-state index contributed by atoms with van der Waals surface area (Å²) < 4.78 is 13.7. The van der Waals surface area contributed by atoms with E-state index < -0.39 is 0 Å². The van der Waals surface area contributed by atoms with Crippen molar-refractivity contribution in [2.24, 2.45) is 5.73 Å². The van der Waals surface area contributed by atoms with Gasteiger partial charge in [0.25, 0.3) is 0 Å². The Labute approximate surface area is 115 Å². The molecule has 2 rings (SSSR count). The van der Waals surface area contributed by atoms with Crippen LogP contribution in [0.5, 0.6) is 0 Å². The molecule has 0 spiro atoms. The van der Waals surface area contributed by atoms with Crippen LogP contribution in [0.2, 0.25) is 0 Å². The van der Waals surface area contributed by atoms with Crippen molar-refractivity contribution in [2.75, 3.05) is 13.1 Å². The van der Waals surface area contributed by atoms with Gasteiger partial charge in [0.15, 0.2) is 0 Å². The van der Waals surface area contributed by atoms with E-state index in [0.29, 0.717) is 18.2 Å². The van der Waals surface area contributed by atoms with Crippen molar-refractivity contribution < 1.29 is 4.39 Å². The molecule has 0 radical (unpaired) electrons. The van der Waals surface area contributed by atoms with Gasteiger partial charge in [0.05, 0.1) is 0 Å². The highest BCUT2D eigenvalue weighted by Gasteiger charge is 2.33. The van der Waals surface area contributed by atoms with Crippen molar-refractivity contribution in [3.63, 3.8) is 0 Å². The molecule has 0 amide bonds. The molecule has 0 heterocycles. The smallest absolute Gasteiger partial charge is 0.126 e. The fourth-order valence-corrected chi connectivity index (χ4v) is 2.62. The molecule has 19 heavy (non-hydrogen) atoms. The first-order valence-corrected chi connectivity index (χ1v) is 7.39. The van der Waals surface area contributed by atoms with E-state index in [-0.39, 0.29) is 11.9 Å². The summed E-state index contributed by atoms with van der Waals surface area (Å²) in [6.07, 6.45) is 4.88. The summed E-state index contributed by atoms with van der Waals surface area (Å²) in [5, 5.41) is 0. The highest BCUT2D eigenvalue weighted by molar-refractivity contribution is 5.26. The van der Waals surface area contributed by atoms with E-state index in [2.05, 4.69) is 11.8 Å². The average Bonchev–Trinajstić information content (AvgIpc) is 3.22. The molecule has 106 valence electrons. The maximum absolute atomic E-state index is 13.7. The Hall–Kier alpha value is -0.930. The second-order valence-corrected chi connectivity index (χ2v) is 5.58. The number of nitrogens with two attached hydrogens (primary N) is 1. The molecule has 1 aromatic carbocycles. The normalized spacial score (nSPS) is 16.9. The van der Waals surface area contributed by atoms with Crippen molar-refractivity contribution in [3.8, 4) is 0 Å². The molecule has 1 saturated carbocycles. The lowest BCUT2D eigenvalue weighted by Crippen LogP contribution is -2.36. The number of rotatable bonds is 7. The van der Waals surface area contributed by atoms with Crippen LogP contribution in [-0.4, -0.2) is 24.0 Å². The molecular weight excluding hydrogens is 239 g/mol. The van der Waals surface area contributed by atoms with Gasteiger partial charge in [0, 0.05) is 18.6 Å². The van der Waals surface area contributed by atoms with Crippen LogP contribution >= 0.6 is 0 Å². The fraction of sp³-hybridized carbons (Fsp3) is 0.625. The lowest BCUT2D eigenvalue weighted by molar-refractivity contribution is 0.188. The zero-order chi connectivity index (χ0) is 13.8. The van der Waals surface area contributed by atoms with Crippen LogP contribution in [0, 0.1) is 12.7 Å². The molecule has 1 aliphatic rings. The molecule has 1 aromatic rings. The fourth-order valence-electron chi connectivity index (χ4n) is 2.62. The SMILES string of the molecule is CCCCN(C1CC1)C(CN)c1ccc(C)c(F)c1. The predicted molar refractivity (Wildman–Crippen MR) is 77.6 cm³/mol. The minimum absolute atomic E-state index is 0.123. The van der Waals surface area contributed by atoms with E-state index >= 15 is 0 Å². The first kappa shape index (κ1) is 14.5. The molecule has 0 saturated heterocycles. The number of unbranched alkanes of at least 4 members (excludes halogenated alkanes) is 1. The number of hydrogen-bond donors (Lipinski definition) is 1. The largest absolute Gasteiger partial charge is 0.329 e. The third-order valence-electron chi connectivity index (χ3n) is 3.99. The summed E-state index contributed by atoms with van der Waals surface area (Å²) in [6, 6.07) is 6.36. The number of halogens is 1. The first-order chi connectivity index (χ1) is 9.17. The Morgan fingerprint density at radius 2 is 2.16 bits per heavy atom. The third kappa shape index (κ3) is 3.54. The zero-order valence-electron chi connectivity index (χ0n) is 12.0. The summed E-state index contributed by atoms with van der Waals surface area (Å²) in [5.41, 5.74) is 7.69. The molecule has 0 bridgehead atoms. The van der Waals surface area contributed by atoms with Gasteiger partial charge in [-0.1, -0.05) is 25.5 Å². The van der Waals surface area contributed by atoms with Gasteiger partial charge in [-0.2, -0.15) is 0 Å². The summed E-state index contributed by atoms with van der Waals surface area (Å²) in [6.45, 7) is 5.63. The molecule has 3 heteroatoms. The second kappa shape index (κ2) is 6.49. The van der Waals surface area contributed by atoms with Crippen LogP contribution < -0.4 is 5.73 Å². The Morgan fingerprint density at radius 1 is 1.42 bits per heavy atom. The third-order valence-corrected chi connectivity index (χ3v) is 3.99. The van der Waals surface area contributed by atoms with Gasteiger partial charge in [-0.15, -0.1) is 0 Å². The standard InChI is InChI=1S/C16H25FN2/c1-3-4-9-19(14-7-8-14)16(11-18)13-6-5-12(2)15(17)10-13/h5-6,10,14,16H,3-4,7-9,11,18H2,1-2H3. The van der Waals surface area contributed by atoms with Crippen molar-refractivity contribution in [3.05, 3.63) is 35.1 Å². The second-order valence-electron chi connectivity index (χ2n) is 5.58. The van der Waals surface area contributed by atoms with Gasteiger partial charge in [0.1, 0.15) is 5.82 Å². The molecule has 2 nitrogen and oxygen atoms in total. The van der Waals surface area contributed by atoms with E-state index in [9.17, 15) is 4.39 Å². The molecule has 0 aromatic heterocycles. The Kier molecular flexibility index (Phi) is 4.94. The lowest BCUT2D eigenvalue weighted by Gasteiger charge is -2.31. The van der Waals surface area contributed by atoms with Gasteiger partial charge < -0.3 is 5.73 Å². The van der Waals surface area contributed by atoms with E-state index in [0.717, 1.165) is 12.1 Å². The minimum Gasteiger partial charge on any atom is -0.329 e. The Bertz CT molecular complexity index is 415. The van der Waals surface area contributed by atoms with Gasteiger partial charge in [-0.05, 0) is 49.9 Å². The molecule has 1 fully saturated rings. The van der Waals surface area contributed by atoms with Crippen LogP contribution in [0.4, 0.5) is 4.39 Å². The number of nitrogens with zero attached hydrogens (tertiary/aromatic N) is 1. The van der Waals surface area contributed by atoms with Crippen molar-refractivity contribution in [1.29, 1.82) is 0 Å². The predicted octanol–water partition coefficient (Wildman–Crippen LogP) is 3.40. The summed E-state index contributed by atoms with van der Waals surface area (Å²) in [7, 11) is 0. The monoisotopic (exact) mass is 264 g/mol. The molecule has 1 unspecified atom stereocenters. The molecule has 1 atom stereocenters. The van der Waals surface area contributed by atoms with Crippen molar-refractivity contribution >= 4 is 0 Å². The van der Waals surface area contributed by atoms with Crippen LogP contribution in [0.15, 0.2) is 18.2 Å². The minimum atomic E-state index is -0.123. The van der Waals surface area contributed by atoms with Crippen molar-refractivity contribution in [2.45, 2.75) is 51.6 Å². The van der Waals surface area contributed by atoms with Gasteiger partial charge >= 0.3 is 0 Å². The molecule has 2 N–H and O–H groups in total. The summed E-state index contributed by atoms with van der Waals surface area (Å²) in [5.74, 6) is -0.123. The Balaban J connectivity index is 2.17. The highest BCUT2D eigenvalue weighted by Crippen LogP contribution is 2.34. The maximum Gasteiger partial charge on any atom is 0.126 e. The topological polar surface area (TPSA) is 29.3 Å². The highest BCUT2D eigenvalue weighted by atomic mass is 19.1. The van der Waals surface area contributed by atoms with Crippen LogP contribution in [0.1, 0.15) is 49.8 Å². The zero-order valence-corrected chi connectivity index (χ0v) is 12.0. The summed E-state index contributed by atoms with van der Waals surface area (Å²) in [4.78, 5) is 2.48. The molecule has 1 aliphatic carbocycles. The Morgan fingerprint density at radius 3 is 2.68 bits per heavy atom. The van der Waals surface area contributed by atoms with Crippen LogP contribution in [0.25, 0.3) is 0 Å². The quantitative estimate of drug-likeness (QED) is 0.818. The summed E-state index contributed by atoms with van der Waals surface area (Å²) >= 11 is 0. The lowest BCUT2D eigenvalue weighted by atomic mass is 10.0. The van der Waals surface area contributed by atoms with Gasteiger partial charge in [-0.25, -0.2) is 4.39 Å². The number of hydrogen-bond acceptors (Lipinski definition) is 2. The van der Waals surface area contributed by atoms with E-state index in [1.54, 1.807) is 13.0 Å². The molecule has 0 aliphatic heterocycles. The van der Waals surface area contributed by atoms with E-state index in [1.165, 1.54) is 25.7 Å². The average molecular weight is 264 g/mol. The van der Waals surface area contributed by atoms with Gasteiger partial charge in [-0.3, -0.25) is 4.90 Å². The first-order valence-electron chi connectivity index (χ1n) is 7.39. The van der Waals surface area contributed by atoms with E-state index in [1.807, 2.05) is 12.1 Å². The van der Waals surface area contributed by atoms with E-state index in [4.69, 9.17) is 5.73 Å².